The fourth-order valence-corrected chi connectivity index (χ4v) is 3.65. The van der Waals surface area contributed by atoms with Crippen LogP contribution in [-0.2, 0) is 13.1 Å². The highest BCUT2D eigenvalue weighted by atomic mass is 15.2. The Morgan fingerprint density at radius 2 is 1.84 bits per heavy atom. The lowest BCUT2D eigenvalue weighted by Crippen LogP contribution is -2.24. The highest BCUT2D eigenvalue weighted by Crippen LogP contribution is 2.19. The highest BCUT2D eigenvalue weighted by Gasteiger charge is 2.10. The summed E-state index contributed by atoms with van der Waals surface area (Å²) in [4.78, 5) is 10.4. The van der Waals surface area contributed by atoms with E-state index < -0.39 is 0 Å². The van der Waals surface area contributed by atoms with Crippen molar-refractivity contribution in [1.82, 2.24) is 15.3 Å². The summed E-state index contributed by atoms with van der Waals surface area (Å²) < 4.78 is 0. The van der Waals surface area contributed by atoms with Gasteiger partial charge in [-0.1, -0.05) is 31.0 Å². The second kappa shape index (κ2) is 7.70. The van der Waals surface area contributed by atoms with Crippen molar-refractivity contribution in [2.75, 3.05) is 18.0 Å². The number of nitrogens with one attached hydrogen (secondary N) is 2. The monoisotopic (exact) mass is 334 g/mol. The van der Waals surface area contributed by atoms with E-state index >= 15 is 0 Å². The van der Waals surface area contributed by atoms with Crippen LogP contribution in [0.25, 0.3) is 10.9 Å². The predicted molar refractivity (Wildman–Crippen MR) is 104 cm³/mol. The molecule has 3 heterocycles. The van der Waals surface area contributed by atoms with Crippen molar-refractivity contribution in [3.8, 4) is 0 Å². The van der Waals surface area contributed by atoms with Gasteiger partial charge in [-0.15, -0.1) is 0 Å². The van der Waals surface area contributed by atoms with Gasteiger partial charge >= 0.3 is 0 Å². The summed E-state index contributed by atoms with van der Waals surface area (Å²) in [6.45, 7) is 3.99. The number of hydrogen-bond donors (Lipinski definition) is 2. The number of aromatic amines is 1. The van der Waals surface area contributed by atoms with Crippen molar-refractivity contribution in [1.29, 1.82) is 0 Å². The minimum absolute atomic E-state index is 0.841. The Labute approximate surface area is 149 Å². The first-order chi connectivity index (χ1) is 12.4. The lowest BCUT2D eigenvalue weighted by molar-refractivity contribution is 0.693. The first-order valence-corrected chi connectivity index (χ1v) is 9.36. The SMILES string of the molecule is c1cc(CNCc2ccc(N3CCCCCC3)nc2)c2cc[nH]c2c1. The van der Waals surface area contributed by atoms with Gasteiger partial charge in [-0.2, -0.15) is 0 Å². The van der Waals surface area contributed by atoms with E-state index in [1.807, 2.05) is 12.4 Å². The third-order valence-corrected chi connectivity index (χ3v) is 5.07. The zero-order valence-corrected chi connectivity index (χ0v) is 14.7. The minimum atomic E-state index is 0.841. The molecule has 130 valence electrons. The molecule has 2 N–H and O–H groups in total. The van der Waals surface area contributed by atoms with Crippen LogP contribution >= 0.6 is 0 Å². The molecule has 2 aromatic heterocycles. The van der Waals surface area contributed by atoms with Gasteiger partial charge in [0, 0.05) is 49.5 Å². The van der Waals surface area contributed by atoms with Gasteiger partial charge in [0.15, 0.2) is 0 Å². The molecule has 0 bridgehead atoms. The molecule has 0 radical (unpaired) electrons. The molecule has 0 spiro atoms. The number of H-pyrrole nitrogens is 1. The number of fused-ring (bicyclic) bond motifs is 1. The molecule has 0 aliphatic carbocycles. The maximum atomic E-state index is 4.69. The van der Waals surface area contributed by atoms with Crippen LogP contribution in [0.5, 0.6) is 0 Å². The van der Waals surface area contributed by atoms with Crippen molar-refractivity contribution >= 4 is 16.7 Å². The van der Waals surface area contributed by atoms with Gasteiger partial charge in [-0.3, -0.25) is 0 Å². The van der Waals surface area contributed by atoms with E-state index in [2.05, 4.69) is 51.6 Å². The Morgan fingerprint density at radius 1 is 0.960 bits per heavy atom. The molecule has 0 unspecified atom stereocenters. The fraction of sp³-hybridized carbons (Fsp3) is 0.381. The molecule has 4 rings (SSSR count). The number of rotatable bonds is 5. The average Bonchev–Trinajstić information content (AvgIpc) is 2.97. The van der Waals surface area contributed by atoms with E-state index in [1.165, 1.54) is 47.7 Å². The number of benzene rings is 1. The summed E-state index contributed by atoms with van der Waals surface area (Å²) in [5.74, 6) is 1.13. The number of pyridine rings is 1. The largest absolute Gasteiger partial charge is 0.361 e. The topological polar surface area (TPSA) is 44.0 Å². The molecule has 0 atom stereocenters. The van der Waals surface area contributed by atoms with Crippen LogP contribution in [0, 0.1) is 0 Å². The minimum Gasteiger partial charge on any atom is -0.361 e. The second-order valence-corrected chi connectivity index (χ2v) is 6.89. The van der Waals surface area contributed by atoms with Gasteiger partial charge in [0.25, 0.3) is 0 Å². The summed E-state index contributed by atoms with van der Waals surface area (Å²) in [5.41, 5.74) is 3.76. The predicted octanol–water partition coefficient (Wildman–Crippen LogP) is 4.23. The molecule has 1 aromatic carbocycles. The summed E-state index contributed by atoms with van der Waals surface area (Å²) in [6, 6.07) is 12.9. The molecular weight excluding hydrogens is 308 g/mol. The number of hydrogen-bond acceptors (Lipinski definition) is 3. The fourth-order valence-electron chi connectivity index (χ4n) is 3.65. The third-order valence-electron chi connectivity index (χ3n) is 5.07. The smallest absolute Gasteiger partial charge is 0.128 e. The van der Waals surface area contributed by atoms with Gasteiger partial charge < -0.3 is 15.2 Å². The Bertz CT molecular complexity index is 798. The van der Waals surface area contributed by atoms with E-state index in [1.54, 1.807) is 0 Å². The van der Waals surface area contributed by atoms with Gasteiger partial charge in [-0.25, -0.2) is 4.98 Å². The Kier molecular flexibility index (Phi) is 4.98. The van der Waals surface area contributed by atoms with Crippen molar-refractivity contribution in [3.63, 3.8) is 0 Å². The lowest BCUT2D eigenvalue weighted by Gasteiger charge is -2.21. The van der Waals surface area contributed by atoms with E-state index in [0.29, 0.717) is 0 Å². The van der Waals surface area contributed by atoms with E-state index in [0.717, 1.165) is 32.0 Å². The van der Waals surface area contributed by atoms with Crippen LogP contribution in [0.2, 0.25) is 0 Å². The summed E-state index contributed by atoms with van der Waals surface area (Å²) in [5, 5.41) is 4.84. The molecule has 25 heavy (non-hydrogen) atoms. The number of nitrogens with zero attached hydrogens (tertiary/aromatic N) is 2. The molecule has 1 saturated heterocycles. The molecule has 1 fully saturated rings. The highest BCUT2D eigenvalue weighted by molar-refractivity contribution is 5.82. The normalized spacial score (nSPS) is 15.4. The first-order valence-electron chi connectivity index (χ1n) is 9.36. The Hall–Kier alpha value is -2.33. The summed E-state index contributed by atoms with van der Waals surface area (Å²) >= 11 is 0. The molecule has 4 nitrogen and oxygen atoms in total. The van der Waals surface area contributed by atoms with Gasteiger partial charge in [-0.05, 0) is 42.2 Å². The molecule has 3 aromatic rings. The van der Waals surface area contributed by atoms with E-state index in [-0.39, 0.29) is 0 Å². The van der Waals surface area contributed by atoms with Crippen LogP contribution in [0.4, 0.5) is 5.82 Å². The van der Waals surface area contributed by atoms with Crippen molar-refractivity contribution in [2.45, 2.75) is 38.8 Å². The Balaban J connectivity index is 1.34. The summed E-state index contributed by atoms with van der Waals surface area (Å²) in [7, 11) is 0. The number of anilines is 1. The second-order valence-electron chi connectivity index (χ2n) is 6.89. The Morgan fingerprint density at radius 3 is 2.64 bits per heavy atom. The lowest BCUT2D eigenvalue weighted by atomic mass is 10.1. The first kappa shape index (κ1) is 16.2. The van der Waals surface area contributed by atoms with Gasteiger partial charge in [0.05, 0.1) is 0 Å². The number of aromatic nitrogens is 2. The van der Waals surface area contributed by atoms with Gasteiger partial charge in [0.2, 0.25) is 0 Å². The van der Waals surface area contributed by atoms with Crippen LogP contribution in [0.15, 0.2) is 48.8 Å². The van der Waals surface area contributed by atoms with Crippen LogP contribution < -0.4 is 10.2 Å². The molecule has 0 saturated carbocycles. The molecule has 1 aliphatic rings. The maximum Gasteiger partial charge on any atom is 0.128 e. The molecule has 1 aliphatic heterocycles. The third kappa shape index (κ3) is 3.85. The molecule has 0 amide bonds. The summed E-state index contributed by atoms with van der Waals surface area (Å²) in [6.07, 6.45) is 9.30. The van der Waals surface area contributed by atoms with Crippen molar-refractivity contribution < 1.29 is 0 Å². The van der Waals surface area contributed by atoms with Crippen LogP contribution in [-0.4, -0.2) is 23.1 Å². The molecular formula is C21H26N4. The van der Waals surface area contributed by atoms with E-state index in [9.17, 15) is 0 Å². The average molecular weight is 334 g/mol. The zero-order valence-electron chi connectivity index (χ0n) is 14.7. The zero-order chi connectivity index (χ0) is 16.9. The van der Waals surface area contributed by atoms with Crippen LogP contribution in [0.1, 0.15) is 36.8 Å². The van der Waals surface area contributed by atoms with Gasteiger partial charge in [0.1, 0.15) is 5.82 Å². The van der Waals surface area contributed by atoms with Crippen LogP contribution in [0.3, 0.4) is 0 Å². The standard InChI is InChI=1S/C21H26N4/c1-2-4-13-25(12-3-1)21-9-8-17(15-24-21)14-22-16-18-6-5-7-20-19(18)10-11-23-20/h5-11,15,22-23H,1-4,12-14,16H2. The molecule has 4 heteroatoms. The van der Waals surface area contributed by atoms with Crippen molar-refractivity contribution in [2.24, 2.45) is 0 Å². The quantitative estimate of drug-likeness (QED) is 0.734. The van der Waals surface area contributed by atoms with E-state index in [4.69, 9.17) is 4.98 Å². The van der Waals surface area contributed by atoms with Crippen molar-refractivity contribution in [3.05, 3.63) is 59.9 Å². The maximum absolute atomic E-state index is 4.69.